The van der Waals surface area contributed by atoms with Crippen molar-refractivity contribution in [3.8, 4) is 0 Å². The number of rotatable bonds is 3. The van der Waals surface area contributed by atoms with Crippen LogP contribution < -0.4 is 0 Å². The van der Waals surface area contributed by atoms with Crippen molar-refractivity contribution < 1.29 is 9.90 Å². The van der Waals surface area contributed by atoms with Gasteiger partial charge < -0.3 is 5.11 Å². The van der Waals surface area contributed by atoms with E-state index in [-0.39, 0.29) is 11.8 Å². The van der Waals surface area contributed by atoms with Crippen molar-refractivity contribution in [3.05, 3.63) is 41.2 Å². The fourth-order valence-electron chi connectivity index (χ4n) is 6.00. The summed E-state index contributed by atoms with van der Waals surface area (Å²) >= 11 is 0. The van der Waals surface area contributed by atoms with Gasteiger partial charge in [-0.3, -0.25) is 4.79 Å². The quantitative estimate of drug-likeness (QED) is 0.839. The lowest BCUT2D eigenvalue weighted by Gasteiger charge is -2.61. The first kappa shape index (κ1) is 13.8. The molecule has 0 radical (unpaired) electrons. The molecule has 4 aliphatic rings. The molecule has 114 valence electrons. The molecule has 0 heterocycles. The number of hydrogen-bond acceptors (Lipinski definition) is 1. The predicted molar refractivity (Wildman–Crippen MR) is 83.7 cm³/mol. The van der Waals surface area contributed by atoms with Gasteiger partial charge in [-0.25, -0.2) is 4.85 Å². The molecule has 4 aliphatic carbocycles. The molecule has 0 saturated heterocycles. The molecule has 4 bridgehead atoms. The Morgan fingerprint density at radius 2 is 1.82 bits per heavy atom. The van der Waals surface area contributed by atoms with Crippen LogP contribution >= 0.6 is 0 Å². The summed E-state index contributed by atoms with van der Waals surface area (Å²) in [7, 11) is 0. The van der Waals surface area contributed by atoms with Gasteiger partial charge in [0.2, 0.25) is 0 Å². The molecule has 1 N–H and O–H groups in total. The molecular weight excluding hydrogens is 274 g/mol. The number of carboxylic acid groups (broad SMARTS) is 1. The maximum Gasteiger partial charge on any atom is 0.304 e. The van der Waals surface area contributed by atoms with Gasteiger partial charge in [0.05, 0.1) is 13.0 Å². The molecule has 22 heavy (non-hydrogen) atoms. The first-order chi connectivity index (χ1) is 10.6. The molecule has 0 aromatic heterocycles. The zero-order valence-electron chi connectivity index (χ0n) is 12.7. The summed E-state index contributed by atoms with van der Waals surface area (Å²) < 4.78 is 0. The minimum absolute atomic E-state index is 0.225. The van der Waals surface area contributed by atoms with Crippen LogP contribution in [0.3, 0.4) is 0 Å². The SMILES string of the molecule is [C-]#[N+]c1cccc(C2(CC(=O)O)C3CC4CC(C3)CC2C4)c1. The zero-order chi connectivity index (χ0) is 15.3. The van der Waals surface area contributed by atoms with Crippen LogP contribution in [0.1, 0.15) is 44.1 Å². The van der Waals surface area contributed by atoms with E-state index < -0.39 is 5.97 Å². The third kappa shape index (κ3) is 1.90. The van der Waals surface area contributed by atoms with Crippen molar-refractivity contribution in [3.63, 3.8) is 0 Å². The molecule has 0 amide bonds. The van der Waals surface area contributed by atoms with Crippen molar-refractivity contribution in [1.29, 1.82) is 0 Å². The smallest absolute Gasteiger partial charge is 0.304 e. The van der Waals surface area contributed by atoms with Gasteiger partial charge in [-0.15, -0.1) is 0 Å². The Morgan fingerprint density at radius 1 is 1.18 bits per heavy atom. The molecule has 3 nitrogen and oxygen atoms in total. The molecule has 0 atom stereocenters. The molecule has 0 unspecified atom stereocenters. The van der Waals surface area contributed by atoms with E-state index in [1.807, 2.05) is 18.2 Å². The topological polar surface area (TPSA) is 41.7 Å². The van der Waals surface area contributed by atoms with Gasteiger partial charge in [-0.1, -0.05) is 29.8 Å². The Kier molecular flexibility index (Phi) is 3.04. The van der Waals surface area contributed by atoms with Crippen molar-refractivity contribution >= 4 is 11.7 Å². The van der Waals surface area contributed by atoms with Crippen LogP contribution in [0.15, 0.2) is 24.3 Å². The normalized spacial score (nSPS) is 38.7. The summed E-state index contributed by atoms with van der Waals surface area (Å²) in [6.07, 6.45) is 6.32. The third-order valence-electron chi connectivity index (χ3n) is 6.55. The number of benzene rings is 1. The number of aliphatic carboxylic acids is 1. The van der Waals surface area contributed by atoms with Crippen molar-refractivity contribution in [1.82, 2.24) is 0 Å². The molecule has 0 spiro atoms. The minimum Gasteiger partial charge on any atom is -0.481 e. The summed E-state index contributed by atoms with van der Waals surface area (Å²) in [6, 6.07) is 7.77. The fraction of sp³-hybridized carbons (Fsp3) is 0.579. The van der Waals surface area contributed by atoms with E-state index in [0.717, 1.165) is 17.4 Å². The van der Waals surface area contributed by atoms with E-state index in [2.05, 4.69) is 10.9 Å². The van der Waals surface area contributed by atoms with Crippen molar-refractivity contribution in [2.24, 2.45) is 23.7 Å². The summed E-state index contributed by atoms with van der Waals surface area (Å²) in [4.78, 5) is 15.2. The predicted octanol–water partition coefficient (Wildman–Crippen LogP) is 4.41. The second-order valence-electron chi connectivity index (χ2n) is 7.58. The van der Waals surface area contributed by atoms with E-state index in [1.165, 1.54) is 32.1 Å². The van der Waals surface area contributed by atoms with E-state index in [1.54, 1.807) is 0 Å². The molecule has 4 fully saturated rings. The van der Waals surface area contributed by atoms with Crippen LogP contribution in [-0.4, -0.2) is 11.1 Å². The van der Waals surface area contributed by atoms with E-state index in [0.29, 0.717) is 17.5 Å². The molecule has 5 rings (SSSR count). The lowest BCUT2D eigenvalue weighted by molar-refractivity contribution is -0.144. The van der Waals surface area contributed by atoms with Crippen molar-refractivity contribution in [2.75, 3.05) is 0 Å². The molecule has 1 aromatic rings. The highest BCUT2D eigenvalue weighted by molar-refractivity contribution is 5.70. The van der Waals surface area contributed by atoms with E-state index >= 15 is 0 Å². The number of carboxylic acids is 1. The standard InChI is InChI=1S/C19H21NO2/c1-20-17-4-2-3-14(10-17)19(11-18(21)22)15-6-12-5-13(8-15)9-16(19)7-12/h2-4,10,12-13,15-16H,5-9,11H2,(H,21,22). The second kappa shape index (κ2) is 4.84. The maximum atomic E-state index is 11.7. The maximum absolute atomic E-state index is 11.7. The largest absolute Gasteiger partial charge is 0.481 e. The summed E-state index contributed by atoms with van der Waals surface area (Å²) in [5.74, 6) is 1.91. The van der Waals surface area contributed by atoms with Crippen molar-refractivity contribution in [2.45, 2.75) is 43.9 Å². The van der Waals surface area contributed by atoms with Gasteiger partial charge in [-0.05, 0) is 55.8 Å². The summed E-state index contributed by atoms with van der Waals surface area (Å²) in [6.45, 7) is 7.27. The number of carbonyl (C=O) groups is 1. The Bertz CT molecular complexity index is 630. The van der Waals surface area contributed by atoms with E-state index in [9.17, 15) is 9.90 Å². The van der Waals surface area contributed by atoms with Gasteiger partial charge >= 0.3 is 5.97 Å². The molecule has 4 saturated carbocycles. The van der Waals surface area contributed by atoms with Crippen LogP contribution in [0.2, 0.25) is 0 Å². The average Bonchev–Trinajstić information content (AvgIpc) is 2.50. The highest BCUT2D eigenvalue weighted by Gasteiger charge is 2.58. The summed E-state index contributed by atoms with van der Waals surface area (Å²) in [5.41, 5.74) is 1.51. The van der Waals surface area contributed by atoms with Crippen LogP contribution in [0.25, 0.3) is 4.85 Å². The third-order valence-corrected chi connectivity index (χ3v) is 6.55. The summed E-state index contributed by atoms with van der Waals surface area (Å²) in [5, 5.41) is 9.59. The highest BCUT2D eigenvalue weighted by atomic mass is 16.4. The fourth-order valence-corrected chi connectivity index (χ4v) is 6.00. The van der Waals surface area contributed by atoms with Crippen LogP contribution in [-0.2, 0) is 10.2 Å². The average molecular weight is 295 g/mol. The molecule has 1 aromatic carbocycles. The van der Waals surface area contributed by atoms with Gasteiger partial charge in [-0.2, -0.15) is 0 Å². The van der Waals surface area contributed by atoms with Gasteiger partial charge in [0.1, 0.15) is 0 Å². The molecule has 3 heteroatoms. The zero-order valence-corrected chi connectivity index (χ0v) is 12.7. The van der Waals surface area contributed by atoms with Gasteiger partial charge in [0.15, 0.2) is 5.69 Å². The lowest BCUT2D eigenvalue weighted by atomic mass is 9.43. The monoisotopic (exact) mass is 295 g/mol. The Balaban J connectivity index is 1.84. The molecule has 0 aliphatic heterocycles. The Labute approximate surface area is 131 Å². The highest BCUT2D eigenvalue weighted by Crippen LogP contribution is 2.64. The molecular formula is C19H21NO2. The second-order valence-corrected chi connectivity index (χ2v) is 7.58. The van der Waals surface area contributed by atoms with Crippen LogP contribution in [0.4, 0.5) is 5.69 Å². The first-order valence-corrected chi connectivity index (χ1v) is 8.31. The Morgan fingerprint density at radius 3 is 2.36 bits per heavy atom. The number of hydrogen-bond donors (Lipinski definition) is 1. The van der Waals surface area contributed by atoms with Gasteiger partial charge in [0.25, 0.3) is 0 Å². The first-order valence-electron chi connectivity index (χ1n) is 8.31. The minimum atomic E-state index is -0.694. The number of nitrogens with zero attached hydrogens (tertiary/aromatic N) is 1. The Hall–Kier alpha value is -1.82. The van der Waals surface area contributed by atoms with Gasteiger partial charge in [0, 0.05) is 5.41 Å². The van der Waals surface area contributed by atoms with E-state index in [4.69, 9.17) is 6.57 Å². The van der Waals surface area contributed by atoms with Crippen LogP contribution in [0, 0.1) is 30.2 Å². The lowest BCUT2D eigenvalue weighted by Crippen LogP contribution is -2.56. The van der Waals surface area contributed by atoms with Crippen LogP contribution in [0.5, 0.6) is 0 Å².